The van der Waals surface area contributed by atoms with Gasteiger partial charge in [-0.3, -0.25) is 9.59 Å². The normalized spacial score (nSPS) is 15.9. The van der Waals surface area contributed by atoms with Crippen molar-refractivity contribution in [2.24, 2.45) is 0 Å². The maximum Gasteiger partial charge on any atom is 0.329 e. The Balaban J connectivity index is 1.51. The van der Waals surface area contributed by atoms with Crippen LogP contribution in [0.25, 0.3) is 6.08 Å². The number of benzene rings is 2. The number of nitrogens with one attached hydrogen (secondary N) is 2. The molecule has 2 heterocycles. The molecule has 0 bridgehead atoms. The second-order valence-electron chi connectivity index (χ2n) is 6.61. The van der Waals surface area contributed by atoms with Gasteiger partial charge in [-0.05, 0) is 43.3 Å². The van der Waals surface area contributed by atoms with Crippen LogP contribution in [-0.4, -0.2) is 42.7 Å². The summed E-state index contributed by atoms with van der Waals surface area (Å²) in [5, 5.41) is 5.63. The van der Waals surface area contributed by atoms with Gasteiger partial charge in [-0.25, -0.2) is 9.69 Å². The minimum absolute atomic E-state index is 0.0177. The van der Waals surface area contributed by atoms with Crippen LogP contribution >= 0.6 is 11.6 Å². The average molecular weight is 444 g/mol. The van der Waals surface area contributed by atoms with E-state index < -0.39 is 24.4 Å². The molecule has 4 rings (SSSR count). The van der Waals surface area contributed by atoms with Gasteiger partial charge in [0.25, 0.3) is 5.91 Å². The molecule has 0 aromatic heterocycles. The van der Waals surface area contributed by atoms with E-state index in [-0.39, 0.29) is 12.5 Å². The molecular formula is C21H18ClN3O6. The van der Waals surface area contributed by atoms with Crippen molar-refractivity contribution in [2.45, 2.75) is 6.92 Å². The summed E-state index contributed by atoms with van der Waals surface area (Å²) < 4.78 is 16.3. The van der Waals surface area contributed by atoms with Crippen molar-refractivity contribution in [3.8, 4) is 17.2 Å². The van der Waals surface area contributed by atoms with Crippen molar-refractivity contribution in [3.05, 3.63) is 52.7 Å². The minimum Gasteiger partial charge on any atom is -0.493 e. The van der Waals surface area contributed by atoms with Gasteiger partial charge in [-0.1, -0.05) is 11.6 Å². The number of rotatable bonds is 6. The molecule has 2 aromatic carbocycles. The van der Waals surface area contributed by atoms with E-state index in [1.165, 1.54) is 6.08 Å². The summed E-state index contributed by atoms with van der Waals surface area (Å²) in [5.41, 5.74) is 1.05. The lowest BCUT2D eigenvalue weighted by atomic mass is 10.1. The average Bonchev–Trinajstić information content (AvgIpc) is 3.29. The van der Waals surface area contributed by atoms with E-state index in [0.29, 0.717) is 40.1 Å². The number of ether oxygens (including phenoxy) is 3. The van der Waals surface area contributed by atoms with Gasteiger partial charge in [0.2, 0.25) is 12.7 Å². The Hall–Kier alpha value is -3.72. The van der Waals surface area contributed by atoms with Gasteiger partial charge in [-0.2, -0.15) is 0 Å². The lowest BCUT2D eigenvalue weighted by Gasteiger charge is -2.12. The van der Waals surface area contributed by atoms with E-state index in [9.17, 15) is 14.4 Å². The number of hydrogen-bond donors (Lipinski definition) is 2. The highest BCUT2D eigenvalue weighted by Gasteiger charge is 2.35. The first-order valence-electron chi connectivity index (χ1n) is 9.41. The fourth-order valence-electron chi connectivity index (χ4n) is 3.08. The highest BCUT2D eigenvalue weighted by molar-refractivity contribution is 6.30. The summed E-state index contributed by atoms with van der Waals surface area (Å²) in [4.78, 5) is 38.1. The van der Waals surface area contributed by atoms with Gasteiger partial charge in [0.1, 0.15) is 18.0 Å². The number of nitrogens with zero attached hydrogens (tertiary/aromatic N) is 1. The number of urea groups is 1. The number of carbonyl (C=O) groups excluding carboxylic acids is 3. The molecule has 31 heavy (non-hydrogen) atoms. The Labute approximate surface area is 182 Å². The van der Waals surface area contributed by atoms with Crippen LogP contribution < -0.4 is 24.8 Å². The van der Waals surface area contributed by atoms with Crippen LogP contribution in [0.3, 0.4) is 0 Å². The molecule has 0 atom stereocenters. The van der Waals surface area contributed by atoms with Crippen LogP contribution in [0.15, 0.2) is 42.1 Å². The zero-order valence-corrected chi connectivity index (χ0v) is 17.2. The van der Waals surface area contributed by atoms with Crippen molar-refractivity contribution in [1.82, 2.24) is 10.2 Å². The fraction of sp³-hybridized carbons (Fsp3) is 0.190. The van der Waals surface area contributed by atoms with E-state index in [0.717, 1.165) is 4.90 Å². The SMILES string of the molecule is CCOc1cc2c(cc1/C=C1/NC(=O)N(CC(=O)Nc3ccc(Cl)cc3)C1=O)OCO2. The highest BCUT2D eigenvalue weighted by atomic mass is 35.5. The topological polar surface area (TPSA) is 106 Å². The number of fused-ring (bicyclic) bond motifs is 1. The third-order valence-corrected chi connectivity index (χ3v) is 4.75. The summed E-state index contributed by atoms with van der Waals surface area (Å²) in [6.07, 6.45) is 1.48. The minimum atomic E-state index is -0.693. The first kappa shape index (κ1) is 20.5. The second kappa shape index (κ2) is 8.57. The van der Waals surface area contributed by atoms with Crippen LogP contribution in [0.2, 0.25) is 5.02 Å². The van der Waals surface area contributed by atoms with Gasteiger partial charge in [0.15, 0.2) is 11.5 Å². The molecule has 9 nitrogen and oxygen atoms in total. The monoisotopic (exact) mass is 443 g/mol. The Morgan fingerprint density at radius 2 is 1.94 bits per heavy atom. The zero-order chi connectivity index (χ0) is 22.0. The number of anilines is 1. The molecular weight excluding hydrogens is 426 g/mol. The lowest BCUT2D eigenvalue weighted by molar-refractivity contribution is -0.127. The maximum atomic E-state index is 12.7. The number of imide groups is 1. The van der Waals surface area contributed by atoms with Gasteiger partial charge in [0.05, 0.1) is 6.61 Å². The molecule has 1 saturated heterocycles. The van der Waals surface area contributed by atoms with Crippen molar-refractivity contribution in [1.29, 1.82) is 0 Å². The molecule has 0 saturated carbocycles. The third kappa shape index (κ3) is 4.41. The lowest BCUT2D eigenvalue weighted by Crippen LogP contribution is -2.38. The summed E-state index contributed by atoms with van der Waals surface area (Å²) >= 11 is 5.82. The Morgan fingerprint density at radius 1 is 1.23 bits per heavy atom. The van der Waals surface area contributed by atoms with E-state index >= 15 is 0 Å². The quantitative estimate of drug-likeness (QED) is 0.525. The van der Waals surface area contributed by atoms with Gasteiger partial charge >= 0.3 is 6.03 Å². The largest absolute Gasteiger partial charge is 0.493 e. The van der Waals surface area contributed by atoms with Crippen molar-refractivity contribution < 1.29 is 28.6 Å². The second-order valence-corrected chi connectivity index (χ2v) is 7.05. The van der Waals surface area contributed by atoms with E-state index in [4.69, 9.17) is 25.8 Å². The molecule has 0 unspecified atom stereocenters. The summed E-state index contributed by atoms with van der Waals surface area (Å²) in [5.74, 6) is 0.362. The molecule has 0 spiro atoms. The maximum absolute atomic E-state index is 12.7. The molecule has 2 aliphatic rings. The van der Waals surface area contributed by atoms with Crippen molar-refractivity contribution >= 4 is 41.2 Å². The van der Waals surface area contributed by atoms with E-state index in [1.54, 1.807) is 36.4 Å². The molecule has 10 heteroatoms. The molecule has 2 aliphatic heterocycles. The van der Waals surface area contributed by atoms with Gasteiger partial charge in [-0.15, -0.1) is 0 Å². The molecule has 4 amide bonds. The molecule has 160 valence electrons. The summed E-state index contributed by atoms with van der Waals surface area (Å²) in [6.45, 7) is 1.87. The molecule has 2 aromatic rings. The number of amides is 4. The Kier molecular flexibility index (Phi) is 5.68. The predicted octanol–water partition coefficient (Wildman–Crippen LogP) is 3.00. The van der Waals surface area contributed by atoms with Gasteiger partial charge in [0, 0.05) is 22.3 Å². The number of halogens is 1. The van der Waals surface area contributed by atoms with Crippen LogP contribution in [0, 0.1) is 0 Å². The summed E-state index contributed by atoms with van der Waals surface area (Å²) in [7, 11) is 0. The van der Waals surface area contributed by atoms with E-state index in [1.807, 2.05) is 6.92 Å². The zero-order valence-electron chi connectivity index (χ0n) is 16.4. The Morgan fingerprint density at radius 3 is 2.65 bits per heavy atom. The van der Waals surface area contributed by atoms with Gasteiger partial charge < -0.3 is 24.8 Å². The predicted molar refractivity (Wildman–Crippen MR) is 112 cm³/mol. The fourth-order valence-corrected chi connectivity index (χ4v) is 3.21. The van der Waals surface area contributed by atoms with Crippen LogP contribution in [0.4, 0.5) is 10.5 Å². The molecule has 0 aliphatic carbocycles. The van der Waals surface area contributed by atoms with Crippen LogP contribution in [0.5, 0.6) is 17.2 Å². The number of hydrogen-bond acceptors (Lipinski definition) is 6. The molecule has 1 fully saturated rings. The van der Waals surface area contributed by atoms with E-state index in [2.05, 4.69) is 10.6 Å². The highest BCUT2D eigenvalue weighted by Crippen LogP contribution is 2.39. The smallest absolute Gasteiger partial charge is 0.329 e. The van der Waals surface area contributed by atoms with Crippen molar-refractivity contribution in [2.75, 3.05) is 25.3 Å². The van der Waals surface area contributed by atoms with Crippen molar-refractivity contribution in [3.63, 3.8) is 0 Å². The van der Waals surface area contributed by atoms with Crippen LogP contribution in [0.1, 0.15) is 12.5 Å². The first-order valence-corrected chi connectivity index (χ1v) is 9.79. The summed E-state index contributed by atoms with van der Waals surface area (Å²) in [6, 6.07) is 9.10. The Bertz CT molecular complexity index is 1080. The third-order valence-electron chi connectivity index (χ3n) is 4.50. The van der Waals surface area contributed by atoms with Crippen LogP contribution in [-0.2, 0) is 9.59 Å². The molecule has 2 N–H and O–H groups in total. The molecule has 0 radical (unpaired) electrons. The first-order chi connectivity index (χ1) is 14.9. The standard InChI is InChI=1S/C21H18ClN3O6/c1-2-29-16-9-18-17(30-11-31-18)8-12(16)7-15-20(27)25(21(28)24-15)10-19(26)23-14-5-3-13(22)4-6-14/h3-9H,2,10-11H2,1H3,(H,23,26)(H,24,28)/b15-7+. The number of carbonyl (C=O) groups is 3.